The van der Waals surface area contributed by atoms with E-state index in [0.717, 1.165) is 63.3 Å². The minimum Gasteiger partial charge on any atom is -0.356 e. The van der Waals surface area contributed by atoms with E-state index < -0.39 is 4.92 Å². The Bertz CT molecular complexity index is 891. The van der Waals surface area contributed by atoms with Crippen LogP contribution in [0, 0.1) is 10.1 Å². The lowest BCUT2D eigenvalue weighted by Gasteiger charge is -2.37. The summed E-state index contributed by atoms with van der Waals surface area (Å²) in [7, 11) is 0. The van der Waals surface area contributed by atoms with E-state index in [1.54, 1.807) is 12.1 Å². The molecule has 0 bridgehead atoms. The molecule has 1 atom stereocenters. The second kappa shape index (κ2) is 7.09. The van der Waals surface area contributed by atoms with Crippen LogP contribution in [0.25, 0.3) is 0 Å². The number of fused-ring (bicyclic) bond motifs is 1. The molecule has 0 aliphatic carbocycles. The maximum absolute atomic E-state index is 11.7. The molecule has 2 aromatic rings. The molecule has 1 unspecified atom stereocenters. The first-order valence-corrected chi connectivity index (χ1v) is 9.54. The van der Waals surface area contributed by atoms with Crippen molar-refractivity contribution in [2.24, 2.45) is 0 Å². The van der Waals surface area contributed by atoms with Crippen LogP contribution in [-0.4, -0.2) is 32.0 Å². The SMILES string of the molecule is CC(=O)c1ccc(N2CCCCC2c2nnc3n2CCCC3)c([N+](=O)[O-])c1. The maximum Gasteiger partial charge on any atom is 0.293 e. The number of carbonyl (C=O) groups excluding carboxylic acids is 1. The van der Waals surface area contributed by atoms with Crippen molar-refractivity contribution in [2.75, 3.05) is 11.4 Å². The predicted molar refractivity (Wildman–Crippen MR) is 100.0 cm³/mol. The third kappa shape index (κ3) is 3.20. The number of hydrogen-bond donors (Lipinski definition) is 0. The number of hydrogen-bond acceptors (Lipinski definition) is 6. The van der Waals surface area contributed by atoms with Gasteiger partial charge in [-0.3, -0.25) is 14.9 Å². The highest BCUT2D eigenvalue weighted by Crippen LogP contribution is 2.39. The van der Waals surface area contributed by atoms with Crippen molar-refractivity contribution >= 4 is 17.2 Å². The van der Waals surface area contributed by atoms with Crippen LogP contribution in [0.5, 0.6) is 0 Å². The molecule has 0 spiro atoms. The number of aromatic nitrogens is 3. The molecule has 0 amide bonds. The van der Waals surface area contributed by atoms with Gasteiger partial charge in [0.1, 0.15) is 11.5 Å². The number of ketones is 1. The number of nitro groups is 1. The number of Topliss-reactive ketones (excluding diaryl/α,β-unsaturated/α-hetero) is 1. The Kier molecular flexibility index (Phi) is 4.63. The molecule has 0 saturated carbocycles. The van der Waals surface area contributed by atoms with E-state index in [2.05, 4.69) is 19.7 Å². The molecule has 2 aliphatic heterocycles. The van der Waals surface area contributed by atoms with Gasteiger partial charge in [-0.1, -0.05) is 0 Å². The molecule has 1 aromatic carbocycles. The fourth-order valence-corrected chi connectivity index (χ4v) is 4.20. The number of anilines is 1. The first-order chi connectivity index (χ1) is 13.1. The third-order valence-electron chi connectivity index (χ3n) is 5.58. The largest absolute Gasteiger partial charge is 0.356 e. The van der Waals surface area contributed by atoms with Gasteiger partial charge in [0.2, 0.25) is 0 Å². The molecule has 8 heteroatoms. The zero-order valence-electron chi connectivity index (χ0n) is 15.4. The Balaban J connectivity index is 1.76. The Morgan fingerprint density at radius 1 is 1.19 bits per heavy atom. The maximum atomic E-state index is 11.7. The van der Waals surface area contributed by atoms with Crippen LogP contribution in [0.3, 0.4) is 0 Å². The van der Waals surface area contributed by atoms with E-state index in [0.29, 0.717) is 11.3 Å². The second-order valence-electron chi connectivity index (χ2n) is 7.30. The quantitative estimate of drug-likeness (QED) is 0.465. The lowest BCUT2D eigenvalue weighted by atomic mass is 9.98. The molecule has 1 fully saturated rings. The summed E-state index contributed by atoms with van der Waals surface area (Å²) < 4.78 is 2.20. The highest BCUT2D eigenvalue weighted by Gasteiger charge is 2.33. The molecule has 1 aromatic heterocycles. The minimum absolute atomic E-state index is 0.0204. The summed E-state index contributed by atoms with van der Waals surface area (Å²) in [5, 5.41) is 20.5. The van der Waals surface area contributed by atoms with Gasteiger partial charge in [0, 0.05) is 31.1 Å². The van der Waals surface area contributed by atoms with Gasteiger partial charge in [-0.25, -0.2) is 0 Å². The Labute approximate surface area is 157 Å². The number of rotatable bonds is 4. The summed E-state index contributed by atoms with van der Waals surface area (Å²) in [6.45, 7) is 3.06. The van der Waals surface area contributed by atoms with Crippen LogP contribution in [0.1, 0.15) is 67.1 Å². The average Bonchev–Trinajstić information content (AvgIpc) is 3.11. The number of carbonyl (C=O) groups is 1. The molecule has 0 N–H and O–H groups in total. The molecule has 3 heterocycles. The van der Waals surface area contributed by atoms with Crippen LogP contribution in [0.4, 0.5) is 11.4 Å². The second-order valence-corrected chi connectivity index (χ2v) is 7.30. The van der Waals surface area contributed by atoms with E-state index in [9.17, 15) is 14.9 Å². The normalized spacial score (nSPS) is 19.6. The number of piperidine rings is 1. The highest BCUT2D eigenvalue weighted by molar-refractivity contribution is 5.95. The topological polar surface area (TPSA) is 94.2 Å². The number of aryl methyl sites for hydroxylation is 1. The average molecular weight is 369 g/mol. The van der Waals surface area contributed by atoms with Crippen molar-refractivity contribution in [1.82, 2.24) is 14.8 Å². The summed E-state index contributed by atoms with van der Waals surface area (Å²) in [4.78, 5) is 25.0. The monoisotopic (exact) mass is 369 g/mol. The molecule has 0 radical (unpaired) electrons. The first-order valence-electron chi connectivity index (χ1n) is 9.54. The molecular weight excluding hydrogens is 346 g/mol. The summed E-state index contributed by atoms with van der Waals surface area (Å²) in [5.41, 5.74) is 0.898. The van der Waals surface area contributed by atoms with Gasteiger partial charge < -0.3 is 9.47 Å². The van der Waals surface area contributed by atoms with Crippen molar-refractivity contribution in [3.63, 3.8) is 0 Å². The van der Waals surface area contributed by atoms with E-state index >= 15 is 0 Å². The third-order valence-corrected chi connectivity index (χ3v) is 5.58. The molecular formula is C19H23N5O3. The first kappa shape index (κ1) is 17.6. The highest BCUT2D eigenvalue weighted by atomic mass is 16.6. The Hall–Kier alpha value is -2.77. The number of nitrogens with zero attached hydrogens (tertiary/aromatic N) is 5. The molecule has 8 nitrogen and oxygen atoms in total. The molecule has 1 saturated heterocycles. The van der Waals surface area contributed by atoms with Gasteiger partial charge in [-0.05, 0) is 51.2 Å². The lowest BCUT2D eigenvalue weighted by molar-refractivity contribution is -0.384. The van der Waals surface area contributed by atoms with E-state index in [1.807, 2.05) is 0 Å². The Morgan fingerprint density at radius 2 is 2.00 bits per heavy atom. The van der Waals surface area contributed by atoms with Gasteiger partial charge in [-0.15, -0.1) is 10.2 Å². The van der Waals surface area contributed by atoms with Crippen LogP contribution in [0.2, 0.25) is 0 Å². The zero-order chi connectivity index (χ0) is 19.0. The van der Waals surface area contributed by atoms with E-state index in [-0.39, 0.29) is 17.5 Å². The van der Waals surface area contributed by atoms with Gasteiger partial charge in [0.25, 0.3) is 5.69 Å². The lowest BCUT2D eigenvalue weighted by Crippen LogP contribution is -2.36. The van der Waals surface area contributed by atoms with Crippen LogP contribution >= 0.6 is 0 Å². The van der Waals surface area contributed by atoms with Crippen LogP contribution in [0.15, 0.2) is 18.2 Å². The van der Waals surface area contributed by atoms with Crippen LogP contribution in [-0.2, 0) is 13.0 Å². The van der Waals surface area contributed by atoms with Gasteiger partial charge in [0.05, 0.1) is 11.0 Å². The molecule has 142 valence electrons. The van der Waals surface area contributed by atoms with Gasteiger partial charge in [0.15, 0.2) is 11.6 Å². The number of benzene rings is 1. The Morgan fingerprint density at radius 3 is 2.78 bits per heavy atom. The van der Waals surface area contributed by atoms with Crippen molar-refractivity contribution in [3.8, 4) is 0 Å². The standard InChI is InChI=1S/C19H23N5O3/c1-13(25)14-8-9-15(17(12-14)24(26)27)22-10-4-2-6-16(22)19-21-20-18-7-3-5-11-23(18)19/h8-9,12,16H,2-7,10-11H2,1H3. The molecule has 27 heavy (non-hydrogen) atoms. The smallest absolute Gasteiger partial charge is 0.293 e. The summed E-state index contributed by atoms with van der Waals surface area (Å²) in [6.07, 6.45) is 6.10. The summed E-state index contributed by atoms with van der Waals surface area (Å²) in [5.74, 6) is 1.75. The van der Waals surface area contributed by atoms with Crippen molar-refractivity contribution in [1.29, 1.82) is 0 Å². The predicted octanol–water partition coefficient (Wildman–Crippen LogP) is 3.46. The van der Waals surface area contributed by atoms with Crippen molar-refractivity contribution in [3.05, 3.63) is 45.5 Å². The molecule has 2 aliphatic rings. The van der Waals surface area contributed by atoms with Gasteiger partial charge >= 0.3 is 0 Å². The fourth-order valence-electron chi connectivity index (χ4n) is 4.20. The van der Waals surface area contributed by atoms with Crippen molar-refractivity contribution in [2.45, 2.75) is 58.0 Å². The zero-order valence-corrected chi connectivity index (χ0v) is 15.4. The fraction of sp³-hybridized carbons (Fsp3) is 0.526. The summed E-state index contributed by atoms with van der Waals surface area (Å²) in [6, 6.07) is 4.75. The van der Waals surface area contributed by atoms with Crippen LogP contribution < -0.4 is 4.90 Å². The van der Waals surface area contributed by atoms with E-state index in [4.69, 9.17) is 0 Å². The molecule has 4 rings (SSSR count). The van der Waals surface area contributed by atoms with E-state index in [1.165, 1.54) is 13.0 Å². The number of nitro benzene ring substituents is 1. The van der Waals surface area contributed by atoms with Crippen molar-refractivity contribution < 1.29 is 9.72 Å². The van der Waals surface area contributed by atoms with Gasteiger partial charge in [-0.2, -0.15) is 0 Å². The summed E-state index contributed by atoms with van der Waals surface area (Å²) >= 11 is 0. The minimum atomic E-state index is -0.396.